The summed E-state index contributed by atoms with van der Waals surface area (Å²) >= 11 is 3.52. The quantitative estimate of drug-likeness (QED) is 0.588. The maximum atomic E-state index is 11.9. The Hall–Kier alpha value is -2.08. The van der Waals surface area contributed by atoms with Crippen LogP contribution in [0.3, 0.4) is 0 Å². The molecule has 6 heteroatoms. The fourth-order valence-corrected chi connectivity index (χ4v) is 2.47. The fourth-order valence-electron chi connectivity index (χ4n) is 2.11. The number of hydrazone groups is 1. The lowest BCUT2D eigenvalue weighted by molar-refractivity contribution is -0.123. The van der Waals surface area contributed by atoms with Crippen LogP contribution in [0.25, 0.3) is 0 Å². The van der Waals surface area contributed by atoms with Gasteiger partial charge in [0.25, 0.3) is 5.91 Å². The summed E-state index contributed by atoms with van der Waals surface area (Å²) in [6.07, 6.45) is 1.45. The lowest BCUT2D eigenvalue weighted by Crippen LogP contribution is -2.25. The molecule has 0 aliphatic rings. The van der Waals surface area contributed by atoms with Crippen molar-refractivity contribution in [1.82, 2.24) is 5.43 Å². The van der Waals surface area contributed by atoms with E-state index >= 15 is 0 Å². The highest BCUT2D eigenvalue weighted by molar-refractivity contribution is 9.10. The maximum Gasteiger partial charge on any atom is 0.277 e. The first-order valence-corrected chi connectivity index (χ1v) is 8.47. The molecule has 24 heavy (non-hydrogen) atoms. The van der Waals surface area contributed by atoms with Crippen LogP contribution in [0.1, 0.15) is 42.4 Å². The molecular weight excluding hydrogens is 372 g/mol. The maximum absolute atomic E-state index is 11.9. The molecule has 0 spiro atoms. The number of aryl methyl sites for hydroxylation is 2. The number of ether oxygens (including phenoxy) is 1. The third-order valence-corrected chi connectivity index (χ3v) is 4.27. The van der Waals surface area contributed by atoms with Gasteiger partial charge < -0.3 is 9.15 Å². The second kappa shape index (κ2) is 8.15. The van der Waals surface area contributed by atoms with Crippen molar-refractivity contribution in [3.05, 3.63) is 51.4 Å². The van der Waals surface area contributed by atoms with Gasteiger partial charge in [-0.3, -0.25) is 4.79 Å². The Morgan fingerprint density at radius 1 is 1.38 bits per heavy atom. The molecule has 0 radical (unpaired) electrons. The van der Waals surface area contributed by atoms with Gasteiger partial charge in [-0.1, -0.05) is 29.8 Å². The Morgan fingerprint density at radius 3 is 2.75 bits per heavy atom. The lowest BCUT2D eigenvalue weighted by Gasteiger charge is -2.15. The molecule has 1 N–H and O–H groups in total. The summed E-state index contributed by atoms with van der Waals surface area (Å²) in [5.74, 6) is 2.05. The van der Waals surface area contributed by atoms with E-state index in [9.17, 15) is 4.79 Å². The van der Waals surface area contributed by atoms with E-state index in [-0.39, 0.29) is 12.5 Å². The average Bonchev–Trinajstić information content (AvgIpc) is 2.93. The van der Waals surface area contributed by atoms with Crippen molar-refractivity contribution in [2.75, 3.05) is 6.61 Å². The zero-order valence-electron chi connectivity index (χ0n) is 14.2. The first-order chi connectivity index (χ1) is 11.4. The van der Waals surface area contributed by atoms with Crippen LogP contribution in [0.15, 0.2) is 38.3 Å². The molecule has 0 aliphatic carbocycles. The largest absolute Gasteiger partial charge is 0.483 e. The molecule has 0 aliphatic heterocycles. The Balaban J connectivity index is 1.94. The van der Waals surface area contributed by atoms with Gasteiger partial charge in [-0.25, -0.2) is 5.43 Å². The number of furan rings is 1. The Kier molecular flexibility index (Phi) is 6.20. The molecule has 0 atom stereocenters. The van der Waals surface area contributed by atoms with Crippen LogP contribution in [-0.4, -0.2) is 18.7 Å². The second-order valence-electron chi connectivity index (χ2n) is 5.82. The van der Waals surface area contributed by atoms with Gasteiger partial charge in [-0.15, -0.1) is 0 Å². The van der Waals surface area contributed by atoms with Crippen molar-refractivity contribution in [2.24, 2.45) is 5.10 Å². The summed E-state index contributed by atoms with van der Waals surface area (Å²) in [5.41, 5.74) is 4.53. The van der Waals surface area contributed by atoms with Crippen molar-refractivity contribution in [1.29, 1.82) is 0 Å². The molecule has 128 valence electrons. The zero-order valence-corrected chi connectivity index (χ0v) is 15.8. The monoisotopic (exact) mass is 392 g/mol. The molecule has 0 unspecified atom stereocenters. The molecule has 5 nitrogen and oxygen atoms in total. The molecule has 0 saturated heterocycles. The predicted molar refractivity (Wildman–Crippen MR) is 97.6 cm³/mol. The molecular formula is C18H21BrN2O3. The minimum absolute atomic E-state index is 0.102. The molecule has 0 fully saturated rings. The van der Waals surface area contributed by atoms with Crippen molar-refractivity contribution >= 4 is 28.1 Å². The van der Waals surface area contributed by atoms with Gasteiger partial charge >= 0.3 is 0 Å². The molecule has 0 bridgehead atoms. The summed E-state index contributed by atoms with van der Waals surface area (Å²) in [5, 5.41) is 3.85. The van der Waals surface area contributed by atoms with E-state index in [0.29, 0.717) is 17.4 Å². The molecule has 2 rings (SSSR count). The van der Waals surface area contributed by atoms with E-state index in [1.165, 1.54) is 6.21 Å². The highest BCUT2D eigenvalue weighted by Gasteiger charge is 2.12. The van der Waals surface area contributed by atoms with Crippen molar-refractivity contribution in [3.8, 4) is 5.75 Å². The van der Waals surface area contributed by atoms with E-state index < -0.39 is 0 Å². The van der Waals surface area contributed by atoms with E-state index in [2.05, 4.69) is 40.3 Å². The minimum atomic E-state index is -0.329. The van der Waals surface area contributed by atoms with Crippen LogP contribution < -0.4 is 10.2 Å². The molecule has 1 amide bonds. The van der Waals surface area contributed by atoms with Gasteiger partial charge in [0, 0.05) is 4.47 Å². The van der Waals surface area contributed by atoms with Gasteiger partial charge in [0.1, 0.15) is 17.3 Å². The first-order valence-electron chi connectivity index (χ1n) is 7.68. The number of amides is 1. The van der Waals surface area contributed by atoms with Crippen LogP contribution >= 0.6 is 15.9 Å². The number of benzene rings is 1. The summed E-state index contributed by atoms with van der Waals surface area (Å²) in [6.45, 7) is 7.89. The molecule has 1 aromatic heterocycles. The van der Waals surface area contributed by atoms with Gasteiger partial charge in [0.15, 0.2) is 6.61 Å². The van der Waals surface area contributed by atoms with Crippen molar-refractivity contribution < 1.29 is 13.9 Å². The highest BCUT2D eigenvalue weighted by Crippen LogP contribution is 2.32. The highest BCUT2D eigenvalue weighted by atomic mass is 79.9. The minimum Gasteiger partial charge on any atom is -0.483 e. The van der Waals surface area contributed by atoms with Crippen LogP contribution in [0.4, 0.5) is 0 Å². The van der Waals surface area contributed by atoms with Gasteiger partial charge in [0.05, 0.1) is 6.21 Å². The van der Waals surface area contributed by atoms with Crippen LogP contribution in [0.5, 0.6) is 5.75 Å². The summed E-state index contributed by atoms with van der Waals surface area (Å²) in [7, 11) is 0. The topological polar surface area (TPSA) is 63.8 Å². The predicted octanol–water partition coefficient (Wildman–Crippen LogP) is 4.31. The number of nitrogens with zero attached hydrogens (tertiary/aromatic N) is 1. The Morgan fingerprint density at radius 2 is 2.12 bits per heavy atom. The van der Waals surface area contributed by atoms with Gasteiger partial charge in [0.2, 0.25) is 0 Å². The Bertz CT molecular complexity index is 751. The standard InChI is InChI=1S/C18H21BrN2O3/c1-11(2)15-8-16(19)12(3)7-17(15)23-10-18(22)21-20-9-14-6-5-13(4)24-14/h5-9,11H,10H2,1-4H3,(H,21,22). The molecule has 1 aromatic carbocycles. The van der Waals surface area contributed by atoms with E-state index in [1.54, 1.807) is 6.07 Å². The summed E-state index contributed by atoms with van der Waals surface area (Å²) < 4.78 is 12.0. The Labute approximate surface area is 150 Å². The van der Waals surface area contributed by atoms with E-state index in [4.69, 9.17) is 9.15 Å². The number of halogens is 1. The van der Waals surface area contributed by atoms with E-state index in [1.807, 2.05) is 32.0 Å². The number of hydrogen-bond acceptors (Lipinski definition) is 4. The van der Waals surface area contributed by atoms with Gasteiger partial charge in [-0.2, -0.15) is 5.10 Å². The molecule has 1 heterocycles. The lowest BCUT2D eigenvalue weighted by atomic mass is 10.0. The van der Waals surface area contributed by atoms with Crippen LogP contribution in [0.2, 0.25) is 0 Å². The average molecular weight is 393 g/mol. The third-order valence-electron chi connectivity index (χ3n) is 3.41. The molecule has 2 aromatic rings. The number of carbonyl (C=O) groups excluding carboxylic acids is 1. The first kappa shape index (κ1) is 18.3. The summed E-state index contributed by atoms with van der Waals surface area (Å²) in [4.78, 5) is 11.9. The third kappa shape index (κ3) is 4.96. The van der Waals surface area contributed by atoms with Crippen LogP contribution in [-0.2, 0) is 4.79 Å². The smallest absolute Gasteiger partial charge is 0.277 e. The molecule has 0 saturated carbocycles. The van der Waals surface area contributed by atoms with Crippen molar-refractivity contribution in [3.63, 3.8) is 0 Å². The van der Waals surface area contributed by atoms with Crippen LogP contribution in [0, 0.1) is 13.8 Å². The SMILES string of the molecule is Cc1ccc(C=NNC(=O)COc2cc(C)c(Br)cc2C(C)C)o1. The second-order valence-corrected chi connectivity index (χ2v) is 6.68. The fraction of sp³-hybridized carbons (Fsp3) is 0.333. The van der Waals surface area contributed by atoms with Gasteiger partial charge in [-0.05, 0) is 55.2 Å². The zero-order chi connectivity index (χ0) is 17.7. The normalized spacial score (nSPS) is 11.2. The summed E-state index contributed by atoms with van der Waals surface area (Å²) in [6, 6.07) is 7.57. The number of hydrogen-bond donors (Lipinski definition) is 1. The number of nitrogens with one attached hydrogen (secondary N) is 1. The number of carbonyl (C=O) groups is 1. The van der Waals surface area contributed by atoms with Crippen molar-refractivity contribution in [2.45, 2.75) is 33.6 Å². The number of rotatable bonds is 6. The van der Waals surface area contributed by atoms with E-state index in [0.717, 1.165) is 21.4 Å².